The summed E-state index contributed by atoms with van der Waals surface area (Å²) in [5, 5.41) is 1.73. The van der Waals surface area contributed by atoms with E-state index in [0.29, 0.717) is 27.9 Å². The quantitative estimate of drug-likeness (QED) is 0.345. The number of imide groups is 1. The van der Waals surface area contributed by atoms with Crippen molar-refractivity contribution in [2.75, 3.05) is 6.61 Å². The van der Waals surface area contributed by atoms with Gasteiger partial charge in [0, 0.05) is 27.0 Å². The first-order valence-electron chi connectivity index (χ1n) is 12.4. The average molecular weight is 565 g/mol. The molecule has 8 heteroatoms. The van der Waals surface area contributed by atoms with Crippen LogP contribution in [-0.2, 0) is 14.3 Å². The summed E-state index contributed by atoms with van der Waals surface area (Å²) in [7, 11) is 0. The van der Waals surface area contributed by atoms with E-state index in [4.69, 9.17) is 44.3 Å². The maximum atomic E-state index is 14.1. The topological polar surface area (TPSA) is 55.8 Å². The highest BCUT2D eigenvalue weighted by Gasteiger charge is 2.66. The number of benzene rings is 2. The second-order valence-electron chi connectivity index (χ2n) is 10.8. The predicted octanol–water partition coefficient (Wildman–Crippen LogP) is 8.03. The first-order chi connectivity index (χ1) is 17.4. The first-order valence-corrected chi connectivity index (χ1v) is 13.5. The summed E-state index contributed by atoms with van der Waals surface area (Å²) < 4.78 is 12.0. The third kappa shape index (κ3) is 5.29. The summed E-state index contributed by atoms with van der Waals surface area (Å²) in [6.45, 7) is 11.2. The van der Waals surface area contributed by atoms with E-state index in [-0.39, 0.29) is 30.3 Å². The van der Waals surface area contributed by atoms with Crippen molar-refractivity contribution in [1.29, 1.82) is 0 Å². The van der Waals surface area contributed by atoms with Crippen molar-refractivity contribution in [3.05, 3.63) is 81.3 Å². The van der Waals surface area contributed by atoms with Gasteiger partial charge in [0.1, 0.15) is 5.60 Å². The summed E-state index contributed by atoms with van der Waals surface area (Å²) in [5.41, 5.74) is -0.0415. The van der Waals surface area contributed by atoms with Gasteiger partial charge in [-0.15, -0.1) is 6.58 Å². The van der Waals surface area contributed by atoms with Crippen molar-refractivity contribution < 1.29 is 19.1 Å². The molecule has 2 fully saturated rings. The van der Waals surface area contributed by atoms with Crippen LogP contribution in [0.5, 0.6) is 0 Å². The molecule has 1 aliphatic carbocycles. The smallest absolute Gasteiger partial charge is 0.417 e. The molecule has 2 amide bonds. The maximum absolute atomic E-state index is 14.1. The largest absolute Gasteiger partial charge is 0.443 e. The summed E-state index contributed by atoms with van der Waals surface area (Å²) >= 11 is 19.2. The van der Waals surface area contributed by atoms with Gasteiger partial charge in [-0.1, -0.05) is 59.1 Å². The molecule has 0 N–H and O–H groups in total. The van der Waals surface area contributed by atoms with Gasteiger partial charge in [0.2, 0.25) is 0 Å². The van der Waals surface area contributed by atoms with E-state index in [1.165, 1.54) is 4.90 Å². The number of rotatable bonds is 5. The lowest BCUT2D eigenvalue weighted by atomic mass is 9.59. The molecule has 1 heterocycles. The fourth-order valence-electron chi connectivity index (χ4n) is 6.02. The van der Waals surface area contributed by atoms with E-state index in [1.54, 1.807) is 32.9 Å². The molecule has 0 unspecified atom stereocenters. The number of likely N-dealkylation sites (tertiary alicyclic amines) is 1. The Labute approximate surface area is 233 Å². The minimum absolute atomic E-state index is 0.0507. The van der Waals surface area contributed by atoms with Gasteiger partial charge in [0.05, 0.1) is 6.61 Å². The summed E-state index contributed by atoms with van der Waals surface area (Å²) in [5.74, 6) is -1.01. The fourth-order valence-corrected chi connectivity index (χ4v) is 6.69. The van der Waals surface area contributed by atoms with E-state index in [2.05, 4.69) is 6.58 Å². The van der Waals surface area contributed by atoms with Gasteiger partial charge in [-0.05, 0) is 87.8 Å². The van der Waals surface area contributed by atoms with Crippen LogP contribution < -0.4 is 0 Å². The minimum Gasteiger partial charge on any atom is -0.443 e. The van der Waals surface area contributed by atoms with Gasteiger partial charge in [0.15, 0.2) is 5.60 Å². The number of carbonyl (C=O) groups excluding carboxylic acids is 2. The lowest BCUT2D eigenvalue weighted by Gasteiger charge is -2.47. The third-order valence-corrected chi connectivity index (χ3v) is 8.17. The molecule has 2 aromatic carbocycles. The lowest BCUT2D eigenvalue weighted by Crippen LogP contribution is -2.52. The standard InChI is InChI=1S/C29H32Cl3NO4/c1-6-15-36-29-14-13-22(21-12-11-20(31)16-23(21)32)24(18-7-9-19(30)10-8-18)25(29)17(2)33(26(29)34)27(35)37-28(3,4)5/h6-12,16-17,22,24-25H,1,13-15H2,2-5H3/t17-,22+,24+,25+,29+/m1/s1. The molecule has 0 aromatic heterocycles. The molecule has 5 atom stereocenters. The molecule has 0 radical (unpaired) electrons. The molecule has 37 heavy (non-hydrogen) atoms. The van der Waals surface area contributed by atoms with Gasteiger partial charge < -0.3 is 9.47 Å². The normalized spacial score (nSPS) is 27.6. The highest BCUT2D eigenvalue weighted by molar-refractivity contribution is 6.35. The van der Waals surface area contributed by atoms with Crippen molar-refractivity contribution in [3.8, 4) is 0 Å². The number of carbonyl (C=O) groups is 2. The fraction of sp³-hybridized carbons (Fsp3) is 0.448. The number of hydrogen-bond acceptors (Lipinski definition) is 4. The van der Waals surface area contributed by atoms with E-state index < -0.39 is 23.3 Å². The monoisotopic (exact) mass is 563 g/mol. The molecule has 198 valence electrons. The van der Waals surface area contributed by atoms with E-state index >= 15 is 0 Å². The van der Waals surface area contributed by atoms with Gasteiger partial charge in [-0.3, -0.25) is 4.79 Å². The lowest BCUT2D eigenvalue weighted by molar-refractivity contribution is -0.156. The average Bonchev–Trinajstić information content (AvgIpc) is 3.03. The molecule has 1 aliphatic heterocycles. The van der Waals surface area contributed by atoms with E-state index in [9.17, 15) is 9.59 Å². The van der Waals surface area contributed by atoms with Crippen LogP contribution in [0.25, 0.3) is 0 Å². The number of hydrogen-bond donors (Lipinski definition) is 0. The van der Waals surface area contributed by atoms with Crippen molar-refractivity contribution in [1.82, 2.24) is 4.90 Å². The SMILES string of the molecule is C=CCO[C@@]12CC[C@@H](c3ccc(Cl)cc3Cl)[C@H](c3ccc(Cl)cc3)[C@@H]1[C@@H](C)N(C(=O)OC(C)(C)C)C2=O. The summed E-state index contributed by atoms with van der Waals surface area (Å²) in [6.07, 6.45) is 1.99. The molecule has 2 aromatic rings. The van der Waals surface area contributed by atoms with Crippen molar-refractivity contribution in [2.24, 2.45) is 5.92 Å². The molecule has 0 bridgehead atoms. The van der Waals surface area contributed by atoms with Crippen LogP contribution in [0.2, 0.25) is 15.1 Å². The van der Waals surface area contributed by atoms with Crippen LogP contribution in [0.1, 0.15) is 63.5 Å². The summed E-state index contributed by atoms with van der Waals surface area (Å²) in [6, 6.07) is 12.6. The van der Waals surface area contributed by atoms with Gasteiger partial charge in [-0.25, -0.2) is 9.69 Å². The molecule has 4 rings (SSSR count). The van der Waals surface area contributed by atoms with E-state index in [1.807, 2.05) is 43.3 Å². The molecule has 5 nitrogen and oxygen atoms in total. The van der Waals surface area contributed by atoms with Crippen LogP contribution in [0, 0.1) is 5.92 Å². The maximum Gasteiger partial charge on any atom is 0.417 e. The Hall–Kier alpha value is -2.05. The van der Waals surface area contributed by atoms with E-state index in [0.717, 1.165) is 11.1 Å². The van der Waals surface area contributed by atoms with Crippen LogP contribution in [-0.4, -0.2) is 40.8 Å². The first kappa shape index (κ1) is 28.0. The van der Waals surface area contributed by atoms with Crippen LogP contribution in [0.3, 0.4) is 0 Å². The van der Waals surface area contributed by atoms with Crippen molar-refractivity contribution >= 4 is 46.8 Å². The zero-order valence-corrected chi connectivity index (χ0v) is 23.7. The zero-order valence-electron chi connectivity index (χ0n) is 21.5. The highest BCUT2D eigenvalue weighted by Crippen LogP contribution is 2.59. The van der Waals surface area contributed by atoms with Crippen LogP contribution >= 0.6 is 34.8 Å². The molecule has 0 spiro atoms. The Balaban J connectivity index is 1.88. The Morgan fingerprint density at radius 1 is 1.14 bits per heavy atom. The van der Waals surface area contributed by atoms with Gasteiger partial charge >= 0.3 is 6.09 Å². The highest BCUT2D eigenvalue weighted by atomic mass is 35.5. The second-order valence-corrected chi connectivity index (χ2v) is 12.1. The number of ether oxygens (including phenoxy) is 2. The molecule has 1 saturated heterocycles. The summed E-state index contributed by atoms with van der Waals surface area (Å²) in [4.78, 5) is 28.7. The Morgan fingerprint density at radius 2 is 1.78 bits per heavy atom. The third-order valence-electron chi connectivity index (χ3n) is 7.36. The Bertz CT molecular complexity index is 1190. The Morgan fingerprint density at radius 3 is 2.38 bits per heavy atom. The van der Waals surface area contributed by atoms with Crippen molar-refractivity contribution in [3.63, 3.8) is 0 Å². The Kier molecular flexibility index (Phi) is 8.02. The second kappa shape index (κ2) is 10.6. The number of amides is 2. The van der Waals surface area contributed by atoms with Crippen LogP contribution in [0.4, 0.5) is 4.79 Å². The van der Waals surface area contributed by atoms with Gasteiger partial charge in [-0.2, -0.15) is 0 Å². The van der Waals surface area contributed by atoms with Gasteiger partial charge in [0.25, 0.3) is 5.91 Å². The molecular formula is C29H32Cl3NO4. The zero-order chi connectivity index (χ0) is 27.1. The minimum atomic E-state index is -1.22. The van der Waals surface area contributed by atoms with Crippen LogP contribution in [0.15, 0.2) is 55.1 Å². The molecular weight excluding hydrogens is 533 g/mol. The molecule has 2 aliphatic rings. The number of nitrogens with zero attached hydrogens (tertiary/aromatic N) is 1. The van der Waals surface area contributed by atoms with Crippen molar-refractivity contribution in [2.45, 2.75) is 69.6 Å². The predicted molar refractivity (Wildman–Crippen MR) is 148 cm³/mol. The number of halogens is 3. The number of fused-ring (bicyclic) bond motifs is 1. The molecule has 1 saturated carbocycles.